The van der Waals surface area contributed by atoms with E-state index in [2.05, 4.69) is 42.0 Å². The summed E-state index contributed by atoms with van der Waals surface area (Å²) in [6, 6.07) is 9.17. The van der Waals surface area contributed by atoms with Crippen molar-refractivity contribution >= 4 is 10.9 Å². The van der Waals surface area contributed by atoms with Gasteiger partial charge in [-0.15, -0.1) is 0 Å². The predicted octanol–water partition coefficient (Wildman–Crippen LogP) is 2.96. The Morgan fingerprint density at radius 2 is 2.10 bits per heavy atom. The lowest BCUT2D eigenvalue weighted by molar-refractivity contribution is 0.0616. The molecular formula is C17H24N2O. The van der Waals surface area contributed by atoms with Crippen LogP contribution >= 0.6 is 0 Å². The Morgan fingerprint density at radius 1 is 1.30 bits per heavy atom. The van der Waals surface area contributed by atoms with E-state index in [0.717, 1.165) is 32.1 Å². The third-order valence-corrected chi connectivity index (χ3v) is 4.19. The number of nitrogens with two attached hydrogens (primary N) is 1. The molecule has 1 saturated heterocycles. The Kier molecular flexibility index (Phi) is 4.08. The van der Waals surface area contributed by atoms with Gasteiger partial charge in [-0.05, 0) is 61.3 Å². The lowest BCUT2D eigenvalue weighted by Gasteiger charge is -2.22. The molecule has 108 valence electrons. The first-order chi connectivity index (χ1) is 9.72. The number of nitrogens with zero attached hydrogens (tertiary/aromatic N) is 1. The van der Waals surface area contributed by atoms with Gasteiger partial charge < -0.3 is 15.0 Å². The normalized spacial score (nSPS) is 18.5. The fourth-order valence-corrected chi connectivity index (χ4v) is 3.11. The fourth-order valence-electron chi connectivity index (χ4n) is 3.11. The summed E-state index contributed by atoms with van der Waals surface area (Å²) in [6.45, 7) is 5.00. The van der Waals surface area contributed by atoms with Crippen LogP contribution in [0.3, 0.4) is 0 Å². The molecule has 0 bridgehead atoms. The Morgan fingerprint density at radius 3 is 2.85 bits per heavy atom. The van der Waals surface area contributed by atoms with Crippen molar-refractivity contribution in [3.63, 3.8) is 0 Å². The topological polar surface area (TPSA) is 40.2 Å². The van der Waals surface area contributed by atoms with E-state index in [4.69, 9.17) is 10.5 Å². The van der Waals surface area contributed by atoms with Gasteiger partial charge in [0.05, 0.1) is 0 Å². The van der Waals surface area contributed by atoms with Crippen molar-refractivity contribution < 1.29 is 4.74 Å². The van der Waals surface area contributed by atoms with Crippen LogP contribution in [0.4, 0.5) is 0 Å². The van der Waals surface area contributed by atoms with Crippen molar-refractivity contribution in [1.29, 1.82) is 0 Å². The van der Waals surface area contributed by atoms with E-state index in [1.807, 2.05) is 0 Å². The summed E-state index contributed by atoms with van der Waals surface area (Å²) in [7, 11) is 0. The molecule has 20 heavy (non-hydrogen) atoms. The number of ether oxygens (including phenoxy) is 1. The quantitative estimate of drug-likeness (QED) is 0.929. The molecule has 1 aromatic carbocycles. The second kappa shape index (κ2) is 5.98. The standard InChI is InChI=1S/C17H24N2O/c1-13(18)10-15-2-3-17-16(11-15)4-7-19(17)12-14-5-8-20-9-6-14/h2-4,7,11,13-14H,5-6,8-10,12,18H2,1H3. The highest BCUT2D eigenvalue weighted by atomic mass is 16.5. The van der Waals surface area contributed by atoms with E-state index in [-0.39, 0.29) is 6.04 Å². The molecule has 1 aliphatic heterocycles. The summed E-state index contributed by atoms with van der Waals surface area (Å²) < 4.78 is 7.83. The number of fused-ring (bicyclic) bond motifs is 1. The van der Waals surface area contributed by atoms with Crippen LogP contribution in [-0.4, -0.2) is 23.8 Å². The summed E-state index contributed by atoms with van der Waals surface area (Å²) in [5.74, 6) is 0.753. The van der Waals surface area contributed by atoms with Crippen molar-refractivity contribution in [2.75, 3.05) is 13.2 Å². The SMILES string of the molecule is CC(N)Cc1ccc2c(ccn2CC2CCOCC2)c1. The molecule has 3 nitrogen and oxygen atoms in total. The van der Waals surface area contributed by atoms with E-state index < -0.39 is 0 Å². The molecule has 1 aliphatic rings. The van der Waals surface area contributed by atoms with Crippen molar-refractivity contribution in [2.24, 2.45) is 11.7 Å². The van der Waals surface area contributed by atoms with Gasteiger partial charge in [0.1, 0.15) is 0 Å². The van der Waals surface area contributed by atoms with Gasteiger partial charge in [-0.1, -0.05) is 6.07 Å². The van der Waals surface area contributed by atoms with Gasteiger partial charge in [0.2, 0.25) is 0 Å². The molecule has 3 rings (SSSR count). The molecule has 0 amide bonds. The molecule has 1 fully saturated rings. The van der Waals surface area contributed by atoms with Crippen LogP contribution in [0, 0.1) is 5.92 Å². The third kappa shape index (κ3) is 3.05. The minimum Gasteiger partial charge on any atom is -0.381 e. The Hall–Kier alpha value is -1.32. The average Bonchev–Trinajstić information content (AvgIpc) is 2.82. The largest absolute Gasteiger partial charge is 0.381 e. The van der Waals surface area contributed by atoms with Crippen LogP contribution in [0.1, 0.15) is 25.3 Å². The molecule has 0 spiro atoms. The van der Waals surface area contributed by atoms with Gasteiger partial charge in [-0.25, -0.2) is 0 Å². The number of rotatable bonds is 4. The van der Waals surface area contributed by atoms with E-state index in [1.165, 1.54) is 29.3 Å². The molecule has 0 radical (unpaired) electrons. The van der Waals surface area contributed by atoms with Gasteiger partial charge in [0.25, 0.3) is 0 Å². The Labute approximate surface area is 120 Å². The minimum atomic E-state index is 0.219. The smallest absolute Gasteiger partial charge is 0.0480 e. The summed E-state index contributed by atoms with van der Waals surface area (Å²) >= 11 is 0. The summed E-state index contributed by atoms with van der Waals surface area (Å²) in [5.41, 5.74) is 8.55. The Balaban J connectivity index is 1.78. The van der Waals surface area contributed by atoms with Gasteiger partial charge in [0, 0.05) is 37.5 Å². The van der Waals surface area contributed by atoms with E-state index in [9.17, 15) is 0 Å². The maximum Gasteiger partial charge on any atom is 0.0480 e. The predicted molar refractivity (Wildman–Crippen MR) is 82.8 cm³/mol. The van der Waals surface area contributed by atoms with Gasteiger partial charge in [-0.2, -0.15) is 0 Å². The van der Waals surface area contributed by atoms with E-state index in [1.54, 1.807) is 0 Å². The van der Waals surface area contributed by atoms with Crippen molar-refractivity contribution in [3.8, 4) is 0 Å². The second-order valence-electron chi connectivity index (χ2n) is 6.10. The highest BCUT2D eigenvalue weighted by Crippen LogP contribution is 2.23. The van der Waals surface area contributed by atoms with Gasteiger partial charge in [0.15, 0.2) is 0 Å². The number of aromatic nitrogens is 1. The van der Waals surface area contributed by atoms with Crippen LogP contribution in [-0.2, 0) is 17.7 Å². The summed E-state index contributed by atoms with van der Waals surface area (Å²) in [6.07, 6.45) is 5.53. The highest BCUT2D eigenvalue weighted by molar-refractivity contribution is 5.80. The maximum atomic E-state index is 5.88. The third-order valence-electron chi connectivity index (χ3n) is 4.19. The monoisotopic (exact) mass is 272 g/mol. The van der Waals surface area contributed by atoms with Crippen LogP contribution in [0.2, 0.25) is 0 Å². The average molecular weight is 272 g/mol. The number of hydrogen-bond acceptors (Lipinski definition) is 2. The van der Waals surface area contributed by atoms with E-state index in [0.29, 0.717) is 0 Å². The molecule has 2 N–H and O–H groups in total. The number of benzene rings is 1. The molecule has 1 aromatic heterocycles. The van der Waals surface area contributed by atoms with Crippen LogP contribution < -0.4 is 5.73 Å². The first kappa shape index (κ1) is 13.7. The summed E-state index contributed by atoms with van der Waals surface area (Å²) in [4.78, 5) is 0. The maximum absolute atomic E-state index is 5.88. The van der Waals surface area contributed by atoms with Crippen molar-refractivity contribution in [2.45, 2.75) is 38.8 Å². The molecule has 2 aromatic rings. The first-order valence-corrected chi connectivity index (χ1v) is 7.63. The zero-order valence-corrected chi connectivity index (χ0v) is 12.2. The molecule has 1 unspecified atom stereocenters. The minimum absolute atomic E-state index is 0.219. The van der Waals surface area contributed by atoms with Crippen molar-refractivity contribution in [1.82, 2.24) is 4.57 Å². The molecule has 0 aliphatic carbocycles. The zero-order chi connectivity index (χ0) is 13.9. The van der Waals surface area contributed by atoms with E-state index >= 15 is 0 Å². The van der Waals surface area contributed by atoms with Gasteiger partial charge >= 0.3 is 0 Å². The van der Waals surface area contributed by atoms with Crippen LogP contribution in [0.15, 0.2) is 30.5 Å². The second-order valence-corrected chi connectivity index (χ2v) is 6.10. The highest BCUT2D eigenvalue weighted by Gasteiger charge is 2.15. The molecule has 1 atom stereocenters. The van der Waals surface area contributed by atoms with Crippen LogP contribution in [0.5, 0.6) is 0 Å². The lowest BCUT2D eigenvalue weighted by Crippen LogP contribution is -2.20. The lowest BCUT2D eigenvalue weighted by atomic mass is 10.0. The van der Waals surface area contributed by atoms with Crippen molar-refractivity contribution in [3.05, 3.63) is 36.0 Å². The van der Waals surface area contributed by atoms with Gasteiger partial charge in [-0.3, -0.25) is 0 Å². The first-order valence-electron chi connectivity index (χ1n) is 7.63. The molecule has 3 heteroatoms. The Bertz CT molecular complexity index is 567. The molecular weight excluding hydrogens is 248 g/mol. The summed E-state index contributed by atoms with van der Waals surface area (Å²) in [5, 5.41) is 1.33. The fraction of sp³-hybridized carbons (Fsp3) is 0.529. The molecule has 0 saturated carbocycles. The molecule has 2 heterocycles. The zero-order valence-electron chi connectivity index (χ0n) is 12.2. The van der Waals surface area contributed by atoms with Crippen LogP contribution in [0.25, 0.3) is 10.9 Å². The number of hydrogen-bond donors (Lipinski definition) is 1.